The zero-order valence-electron chi connectivity index (χ0n) is 24.1. The Morgan fingerprint density at radius 1 is 1.11 bits per heavy atom. The predicted octanol–water partition coefficient (Wildman–Crippen LogP) is 4.01. The minimum atomic E-state index is -0.605. The molecule has 3 rings (SSSR count). The molecule has 2 aliphatic rings. The summed E-state index contributed by atoms with van der Waals surface area (Å²) in [6.45, 7) is 17.8. The molecule has 1 aromatic carbocycles. The summed E-state index contributed by atoms with van der Waals surface area (Å²) in [5.41, 5.74) is 3.14. The first-order valence-corrected chi connectivity index (χ1v) is 13.9. The van der Waals surface area contributed by atoms with Gasteiger partial charge in [-0.3, -0.25) is 9.80 Å². The summed E-state index contributed by atoms with van der Waals surface area (Å²) in [6, 6.07) is 7.20. The van der Waals surface area contributed by atoms with Crippen LogP contribution in [0.25, 0.3) is 0 Å². The molecule has 9 nitrogen and oxygen atoms in total. The first kappa shape index (κ1) is 29.5. The molecule has 38 heavy (non-hydrogen) atoms. The van der Waals surface area contributed by atoms with E-state index in [2.05, 4.69) is 48.4 Å². The molecule has 0 saturated carbocycles. The number of nitrogens with zero attached hydrogens (tertiary/aromatic N) is 3. The Morgan fingerprint density at radius 2 is 1.79 bits per heavy atom. The molecule has 2 atom stereocenters. The van der Waals surface area contributed by atoms with Gasteiger partial charge in [-0.2, -0.15) is 0 Å². The second-order valence-corrected chi connectivity index (χ2v) is 11.1. The van der Waals surface area contributed by atoms with E-state index in [0.29, 0.717) is 50.5 Å². The van der Waals surface area contributed by atoms with E-state index >= 15 is 0 Å². The fourth-order valence-corrected chi connectivity index (χ4v) is 5.11. The molecule has 0 aliphatic carbocycles. The molecular weight excluding hydrogens is 482 g/mol. The van der Waals surface area contributed by atoms with Gasteiger partial charge in [-0.1, -0.05) is 52.0 Å². The highest BCUT2D eigenvalue weighted by atomic mass is 16.5. The Hall–Kier alpha value is -3.07. The van der Waals surface area contributed by atoms with Crippen LogP contribution in [-0.4, -0.2) is 84.6 Å². The Bertz CT molecular complexity index is 1030. The van der Waals surface area contributed by atoms with Crippen molar-refractivity contribution in [2.45, 2.75) is 72.4 Å². The molecule has 9 heteroatoms. The van der Waals surface area contributed by atoms with E-state index in [1.807, 2.05) is 37.8 Å². The van der Waals surface area contributed by atoms with Crippen LogP contribution in [0.3, 0.4) is 0 Å². The molecule has 1 fully saturated rings. The van der Waals surface area contributed by atoms with Crippen LogP contribution >= 0.6 is 0 Å². The number of hydrogen-bond donors (Lipinski definition) is 2. The van der Waals surface area contributed by atoms with Gasteiger partial charge in [-0.05, 0) is 43.7 Å². The predicted molar refractivity (Wildman–Crippen MR) is 149 cm³/mol. The monoisotopic (exact) mass is 527 g/mol. The molecule has 0 unspecified atom stereocenters. The highest BCUT2D eigenvalue weighted by Gasteiger charge is 2.39. The largest absolute Gasteiger partial charge is 0.463 e. The number of likely N-dealkylation sites (N-methyl/N-ethyl adjacent to an activating group) is 1. The second kappa shape index (κ2) is 12.7. The minimum absolute atomic E-state index is 0.000447. The number of ether oxygens (including phenoxy) is 1. The number of hydrogen-bond acceptors (Lipinski definition) is 5. The number of carbonyl (C=O) groups excluding carboxylic acids is 3. The average molecular weight is 528 g/mol. The van der Waals surface area contributed by atoms with Gasteiger partial charge in [0.25, 0.3) is 0 Å². The summed E-state index contributed by atoms with van der Waals surface area (Å²) < 4.78 is 5.51. The lowest BCUT2D eigenvalue weighted by molar-refractivity contribution is -0.139. The van der Waals surface area contributed by atoms with Crippen LogP contribution in [0.5, 0.6) is 0 Å². The highest BCUT2D eigenvalue weighted by molar-refractivity contribution is 5.95. The van der Waals surface area contributed by atoms with Crippen LogP contribution in [0.15, 0.2) is 35.5 Å². The van der Waals surface area contributed by atoms with Crippen molar-refractivity contribution in [1.29, 1.82) is 0 Å². The van der Waals surface area contributed by atoms with Gasteiger partial charge in [-0.25, -0.2) is 14.4 Å². The standard InChI is InChI=1S/C29H45N5O4/c1-8-15-30-27(36)34-17-16-32(18-20(34)4)19-23-24(26(35)38-10-3)25(31-28(37)33(23)9-2)21-11-13-22(14-12-21)29(5,6)7/h11-14,20,25H,8-10,15-19H2,1-7H3,(H,30,36)(H,31,37)/t20-,25+/m1/s1. The lowest BCUT2D eigenvalue weighted by Gasteiger charge is -2.42. The summed E-state index contributed by atoms with van der Waals surface area (Å²) >= 11 is 0. The van der Waals surface area contributed by atoms with E-state index in [0.717, 1.165) is 12.0 Å². The van der Waals surface area contributed by atoms with E-state index in [1.54, 1.807) is 11.8 Å². The fraction of sp³-hybridized carbons (Fsp3) is 0.621. The zero-order chi connectivity index (χ0) is 28.0. The summed E-state index contributed by atoms with van der Waals surface area (Å²) in [4.78, 5) is 44.9. The van der Waals surface area contributed by atoms with Gasteiger partial charge in [0, 0.05) is 51.0 Å². The number of rotatable bonds is 8. The third-order valence-electron chi connectivity index (χ3n) is 7.23. The number of urea groups is 2. The van der Waals surface area contributed by atoms with Crippen molar-refractivity contribution in [2.24, 2.45) is 0 Å². The van der Waals surface area contributed by atoms with Crippen LogP contribution in [0.2, 0.25) is 0 Å². The number of nitrogens with one attached hydrogen (secondary N) is 2. The van der Waals surface area contributed by atoms with Crippen molar-refractivity contribution in [3.05, 3.63) is 46.7 Å². The smallest absolute Gasteiger partial charge is 0.338 e. The molecule has 0 aromatic heterocycles. The van der Waals surface area contributed by atoms with Gasteiger partial charge in [0.2, 0.25) is 0 Å². The van der Waals surface area contributed by atoms with Gasteiger partial charge < -0.3 is 20.3 Å². The highest BCUT2D eigenvalue weighted by Crippen LogP contribution is 2.33. The number of benzene rings is 1. The van der Waals surface area contributed by atoms with Crippen LogP contribution < -0.4 is 10.6 Å². The molecule has 1 aromatic rings. The molecule has 2 heterocycles. The van der Waals surface area contributed by atoms with E-state index in [4.69, 9.17) is 4.74 Å². The van der Waals surface area contributed by atoms with Crippen LogP contribution in [-0.2, 0) is 14.9 Å². The van der Waals surface area contributed by atoms with E-state index in [9.17, 15) is 14.4 Å². The maximum atomic E-state index is 13.4. The molecular formula is C29H45N5O4. The molecule has 2 aliphatic heterocycles. The van der Waals surface area contributed by atoms with E-state index < -0.39 is 12.0 Å². The van der Waals surface area contributed by atoms with E-state index in [1.165, 1.54) is 5.56 Å². The number of amides is 4. The molecule has 2 N–H and O–H groups in total. The van der Waals surface area contributed by atoms with Crippen molar-refractivity contribution in [3.63, 3.8) is 0 Å². The maximum Gasteiger partial charge on any atom is 0.338 e. The summed E-state index contributed by atoms with van der Waals surface area (Å²) in [5.74, 6) is -0.420. The van der Waals surface area contributed by atoms with Crippen LogP contribution in [0, 0.1) is 0 Å². The molecule has 210 valence electrons. The van der Waals surface area contributed by atoms with Gasteiger partial charge in [0.05, 0.1) is 18.2 Å². The van der Waals surface area contributed by atoms with Crippen molar-refractivity contribution >= 4 is 18.0 Å². The quantitative estimate of drug-likeness (QED) is 0.498. The Labute approximate surface area is 227 Å². The van der Waals surface area contributed by atoms with Crippen LogP contribution in [0.4, 0.5) is 9.59 Å². The SMILES string of the molecule is CCCNC(=O)N1CCN(CC2=C(C(=O)OCC)[C@H](c3ccc(C(C)(C)C)cc3)NC(=O)N2CC)C[C@H]1C. The first-order chi connectivity index (χ1) is 18.0. The summed E-state index contributed by atoms with van der Waals surface area (Å²) in [6.07, 6.45) is 0.889. The second-order valence-electron chi connectivity index (χ2n) is 11.1. The zero-order valence-corrected chi connectivity index (χ0v) is 24.1. The van der Waals surface area contributed by atoms with Gasteiger partial charge in [0.15, 0.2) is 0 Å². The Kier molecular flexibility index (Phi) is 9.82. The van der Waals surface area contributed by atoms with Crippen molar-refractivity contribution in [3.8, 4) is 0 Å². The van der Waals surface area contributed by atoms with Gasteiger partial charge >= 0.3 is 18.0 Å². The first-order valence-electron chi connectivity index (χ1n) is 13.9. The molecule has 0 bridgehead atoms. The lowest BCUT2D eigenvalue weighted by atomic mass is 9.85. The van der Waals surface area contributed by atoms with Crippen LogP contribution in [0.1, 0.15) is 72.1 Å². The number of carbonyl (C=O) groups is 3. The maximum absolute atomic E-state index is 13.4. The molecule has 4 amide bonds. The normalized spacial score (nSPS) is 20.9. The Balaban J connectivity index is 1.95. The van der Waals surface area contributed by atoms with Crippen molar-refractivity contribution in [2.75, 3.05) is 45.9 Å². The van der Waals surface area contributed by atoms with Gasteiger partial charge in [0.1, 0.15) is 0 Å². The van der Waals surface area contributed by atoms with Crippen molar-refractivity contribution < 1.29 is 19.1 Å². The summed E-state index contributed by atoms with van der Waals surface area (Å²) in [7, 11) is 0. The lowest BCUT2D eigenvalue weighted by Crippen LogP contribution is -2.58. The molecule has 0 spiro atoms. The third-order valence-corrected chi connectivity index (χ3v) is 7.23. The molecule has 0 radical (unpaired) electrons. The number of piperazine rings is 1. The topological polar surface area (TPSA) is 94.2 Å². The van der Waals surface area contributed by atoms with E-state index in [-0.39, 0.29) is 30.1 Å². The molecule has 1 saturated heterocycles. The average Bonchev–Trinajstić information content (AvgIpc) is 2.87. The van der Waals surface area contributed by atoms with Crippen molar-refractivity contribution in [1.82, 2.24) is 25.3 Å². The minimum Gasteiger partial charge on any atom is -0.463 e. The fourth-order valence-electron chi connectivity index (χ4n) is 5.11. The third kappa shape index (κ3) is 6.67. The Morgan fingerprint density at radius 3 is 2.34 bits per heavy atom. The van der Waals surface area contributed by atoms with Gasteiger partial charge in [-0.15, -0.1) is 0 Å². The number of esters is 1. The summed E-state index contributed by atoms with van der Waals surface area (Å²) in [5, 5.41) is 6.01.